The predicted molar refractivity (Wildman–Crippen MR) is 83.1 cm³/mol. The van der Waals surface area contributed by atoms with E-state index in [4.69, 9.17) is 19.6 Å². The summed E-state index contributed by atoms with van der Waals surface area (Å²) in [5.41, 5.74) is 7.53. The lowest BCUT2D eigenvalue weighted by Crippen LogP contribution is -2.12. The Balaban J connectivity index is 2.01. The molecule has 0 fully saturated rings. The zero-order chi connectivity index (χ0) is 15.9. The van der Waals surface area contributed by atoms with Gasteiger partial charge in [0.05, 0.1) is 18.7 Å². The van der Waals surface area contributed by atoms with E-state index < -0.39 is 0 Å². The van der Waals surface area contributed by atoms with Crippen LogP contribution in [0.25, 0.3) is 0 Å². The van der Waals surface area contributed by atoms with Crippen LogP contribution in [0.15, 0.2) is 34.9 Å². The number of benzene rings is 1. The normalized spacial score (nSPS) is 10.5. The zero-order valence-corrected chi connectivity index (χ0v) is 12.7. The average molecular weight is 304 g/mol. The highest BCUT2D eigenvalue weighted by molar-refractivity contribution is 6.04. The molecule has 2 rings (SSSR count). The van der Waals surface area contributed by atoms with Gasteiger partial charge in [-0.15, -0.1) is 0 Å². The molecular formula is C16H20N2O4. The van der Waals surface area contributed by atoms with Crippen LogP contribution in [0.1, 0.15) is 21.7 Å². The second kappa shape index (κ2) is 7.63. The number of amides is 1. The van der Waals surface area contributed by atoms with Crippen molar-refractivity contribution in [3.63, 3.8) is 0 Å². The Labute approximate surface area is 129 Å². The van der Waals surface area contributed by atoms with Crippen molar-refractivity contribution in [2.75, 3.05) is 25.6 Å². The minimum Gasteiger partial charge on any atom is -0.491 e. The van der Waals surface area contributed by atoms with E-state index >= 15 is 0 Å². The highest BCUT2D eigenvalue weighted by atomic mass is 16.5. The second-order valence-corrected chi connectivity index (χ2v) is 4.78. The highest BCUT2D eigenvalue weighted by Gasteiger charge is 2.11. The number of hydrogen-bond acceptors (Lipinski definition) is 5. The Morgan fingerprint density at radius 2 is 2.14 bits per heavy atom. The van der Waals surface area contributed by atoms with Crippen LogP contribution in [0.3, 0.4) is 0 Å². The molecular weight excluding hydrogens is 284 g/mol. The number of furan rings is 1. The number of hydrogen-bond donors (Lipinski definition) is 2. The van der Waals surface area contributed by atoms with Crippen LogP contribution in [0.5, 0.6) is 5.75 Å². The number of anilines is 1. The van der Waals surface area contributed by atoms with E-state index in [0.717, 1.165) is 17.0 Å². The van der Waals surface area contributed by atoms with Gasteiger partial charge in [0.1, 0.15) is 24.4 Å². The molecule has 118 valence electrons. The van der Waals surface area contributed by atoms with E-state index in [1.807, 2.05) is 13.0 Å². The lowest BCUT2D eigenvalue weighted by molar-refractivity contribution is 0.102. The Kier molecular flexibility index (Phi) is 5.57. The van der Waals surface area contributed by atoms with Crippen molar-refractivity contribution < 1.29 is 18.7 Å². The third-order valence-electron chi connectivity index (χ3n) is 3.12. The maximum absolute atomic E-state index is 12.1. The summed E-state index contributed by atoms with van der Waals surface area (Å²) in [4.78, 5) is 12.1. The molecule has 1 heterocycles. The first-order chi connectivity index (χ1) is 10.6. The summed E-state index contributed by atoms with van der Waals surface area (Å²) in [6.07, 6.45) is 1.40. The quantitative estimate of drug-likeness (QED) is 0.767. The van der Waals surface area contributed by atoms with Gasteiger partial charge in [0.2, 0.25) is 0 Å². The fraction of sp³-hybridized carbons (Fsp3) is 0.312. The van der Waals surface area contributed by atoms with Gasteiger partial charge >= 0.3 is 0 Å². The van der Waals surface area contributed by atoms with E-state index in [2.05, 4.69) is 5.32 Å². The van der Waals surface area contributed by atoms with Gasteiger partial charge < -0.3 is 24.9 Å². The van der Waals surface area contributed by atoms with Gasteiger partial charge in [0, 0.05) is 12.8 Å². The van der Waals surface area contributed by atoms with Crippen LogP contribution >= 0.6 is 0 Å². The monoisotopic (exact) mass is 304 g/mol. The topological polar surface area (TPSA) is 86.7 Å². The van der Waals surface area contributed by atoms with E-state index in [0.29, 0.717) is 24.5 Å². The molecule has 1 aromatic carbocycles. The van der Waals surface area contributed by atoms with Crippen LogP contribution in [0.2, 0.25) is 0 Å². The van der Waals surface area contributed by atoms with E-state index in [1.165, 1.54) is 6.26 Å². The third kappa shape index (κ3) is 4.09. The van der Waals surface area contributed by atoms with Crippen LogP contribution in [0, 0.1) is 6.92 Å². The predicted octanol–water partition coefficient (Wildman–Crippen LogP) is 2.32. The number of ether oxygens (including phenoxy) is 2. The van der Waals surface area contributed by atoms with Crippen molar-refractivity contribution >= 4 is 11.6 Å². The number of rotatable bonds is 7. The summed E-state index contributed by atoms with van der Waals surface area (Å²) in [6, 6.07) is 7.11. The molecule has 0 aliphatic rings. The summed E-state index contributed by atoms with van der Waals surface area (Å²) in [7, 11) is 1.62. The molecule has 6 heteroatoms. The largest absolute Gasteiger partial charge is 0.491 e. The Hall–Kier alpha value is -2.31. The number of nitrogens with two attached hydrogens (primary N) is 1. The molecule has 3 N–H and O–H groups in total. The number of aryl methyl sites for hydroxylation is 1. The molecule has 0 saturated carbocycles. The van der Waals surface area contributed by atoms with Crippen molar-refractivity contribution in [3.05, 3.63) is 47.4 Å². The first-order valence-electron chi connectivity index (χ1n) is 6.95. The van der Waals surface area contributed by atoms with Crippen LogP contribution in [-0.4, -0.2) is 26.2 Å². The molecule has 1 aromatic heterocycles. The molecule has 0 spiro atoms. The molecule has 0 aliphatic carbocycles. The maximum atomic E-state index is 12.1. The molecule has 22 heavy (non-hydrogen) atoms. The van der Waals surface area contributed by atoms with Gasteiger partial charge in [-0.05, 0) is 36.8 Å². The SMILES string of the molecule is COCCOc1ccc(NC(=O)c2coc(CN)c2)c(C)c1. The molecule has 0 saturated heterocycles. The highest BCUT2D eigenvalue weighted by Crippen LogP contribution is 2.22. The number of carbonyl (C=O) groups is 1. The van der Waals surface area contributed by atoms with Crippen molar-refractivity contribution in [1.82, 2.24) is 0 Å². The molecule has 0 aliphatic heterocycles. The van der Waals surface area contributed by atoms with Crippen molar-refractivity contribution in [2.24, 2.45) is 5.73 Å². The number of nitrogens with one attached hydrogen (secondary N) is 1. The van der Waals surface area contributed by atoms with Crippen molar-refractivity contribution in [3.8, 4) is 5.75 Å². The van der Waals surface area contributed by atoms with E-state index in [9.17, 15) is 4.79 Å². The zero-order valence-electron chi connectivity index (χ0n) is 12.7. The van der Waals surface area contributed by atoms with Gasteiger partial charge in [-0.2, -0.15) is 0 Å². The smallest absolute Gasteiger partial charge is 0.258 e. The lowest BCUT2D eigenvalue weighted by atomic mass is 10.2. The third-order valence-corrected chi connectivity index (χ3v) is 3.12. The minimum atomic E-state index is -0.236. The Bertz CT molecular complexity index is 637. The average Bonchev–Trinajstić information content (AvgIpc) is 2.99. The Morgan fingerprint density at radius 1 is 1.32 bits per heavy atom. The number of carbonyl (C=O) groups excluding carboxylic acids is 1. The summed E-state index contributed by atoms with van der Waals surface area (Å²) >= 11 is 0. The second-order valence-electron chi connectivity index (χ2n) is 4.78. The van der Waals surface area contributed by atoms with Gasteiger partial charge in [-0.1, -0.05) is 0 Å². The van der Waals surface area contributed by atoms with E-state index in [1.54, 1.807) is 25.3 Å². The molecule has 0 atom stereocenters. The summed E-state index contributed by atoms with van der Waals surface area (Å²) < 4.78 is 15.6. The van der Waals surface area contributed by atoms with Gasteiger partial charge in [0.15, 0.2) is 0 Å². The fourth-order valence-corrected chi connectivity index (χ4v) is 1.91. The molecule has 2 aromatic rings. The maximum Gasteiger partial charge on any atom is 0.258 e. The van der Waals surface area contributed by atoms with E-state index in [-0.39, 0.29) is 12.5 Å². The van der Waals surface area contributed by atoms with Crippen molar-refractivity contribution in [1.29, 1.82) is 0 Å². The molecule has 6 nitrogen and oxygen atoms in total. The van der Waals surface area contributed by atoms with Gasteiger partial charge in [-0.25, -0.2) is 0 Å². The van der Waals surface area contributed by atoms with Gasteiger partial charge in [-0.3, -0.25) is 4.79 Å². The number of methoxy groups -OCH3 is 1. The molecule has 0 radical (unpaired) electrons. The molecule has 0 unspecified atom stereocenters. The fourth-order valence-electron chi connectivity index (χ4n) is 1.91. The van der Waals surface area contributed by atoms with Crippen molar-refractivity contribution in [2.45, 2.75) is 13.5 Å². The summed E-state index contributed by atoms with van der Waals surface area (Å²) in [5.74, 6) is 1.07. The van der Waals surface area contributed by atoms with Crippen LogP contribution in [-0.2, 0) is 11.3 Å². The van der Waals surface area contributed by atoms with Crippen LogP contribution < -0.4 is 15.8 Å². The Morgan fingerprint density at radius 3 is 2.77 bits per heavy atom. The van der Waals surface area contributed by atoms with Gasteiger partial charge in [0.25, 0.3) is 5.91 Å². The molecule has 0 bridgehead atoms. The first-order valence-corrected chi connectivity index (χ1v) is 6.95. The summed E-state index contributed by atoms with van der Waals surface area (Å²) in [5, 5.41) is 2.84. The minimum absolute atomic E-state index is 0.236. The lowest BCUT2D eigenvalue weighted by Gasteiger charge is -2.10. The van der Waals surface area contributed by atoms with Crippen LogP contribution in [0.4, 0.5) is 5.69 Å². The first kappa shape index (κ1) is 16.1. The standard InChI is InChI=1S/C16H20N2O4/c1-11-7-13(21-6-5-20-2)3-4-15(11)18-16(19)12-8-14(9-17)22-10-12/h3-4,7-8,10H,5-6,9,17H2,1-2H3,(H,18,19). The molecule has 1 amide bonds. The summed E-state index contributed by atoms with van der Waals surface area (Å²) in [6.45, 7) is 3.18.